The van der Waals surface area contributed by atoms with E-state index in [0.717, 1.165) is 12.1 Å². The molecule has 21 heavy (non-hydrogen) atoms. The lowest BCUT2D eigenvalue weighted by molar-refractivity contribution is -0.140. The number of aliphatic hydroxyl groups is 1. The number of carboxylic acids is 1. The molecule has 0 aromatic heterocycles. The number of aliphatic carboxylic acids is 1. The maximum absolute atomic E-state index is 13.6. The molecule has 1 saturated carbocycles. The monoisotopic (exact) mass is 299 g/mol. The molecule has 114 valence electrons. The molecule has 0 bridgehead atoms. The van der Waals surface area contributed by atoms with Crippen LogP contribution >= 0.6 is 0 Å². The molecule has 0 radical (unpaired) electrons. The van der Waals surface area contributed by atoms with Crippen molar-refractivity contribution in [3.8, 4) is 0 Å². The fourth-order valence-electron chi connectivity index (χ4n) is 2.17. The summed E-state index contributed by atoms with van der Waals surface area (Å²) in [5.41, 5.74) is -1.86. The van der Waals surface area contributed by atoms with Gasteiger partial charge in [-0.1, -0.05) is 6.07 Å². The predicted octanol–water partition coefficient (Wildman–Crippen LogP) is 1.01. The fourth-order valence-corrected chi connectivity index (χ4v) is 2.17. The van der Waals surface area contributed by atoms with Crippen LogP contribution in [0.15, 0.2) is 18.2 Å². The van der Waals surface area contributed by atoms with Gasteiger partial charge in [0, 0.05) is 11.6 Å². The van der Waals surface area contributed by atoms with Crippen LogP contribution in [0.5, 0.6) is 0 Å². The molecule has 7 heteroatoms. The Kier molecular flexibility index (Phi) is 3.95. The number of carbonyl (C=O) groups is 2. The summed E-state index contributed by atoms with van der Waals surface area (Å²) in [5, 5.41) is 21.3. The van der Waals surface area contributed by atoms with Crippen molar-refractivity contribution < 1.29 is 28.6 Å². The van der Waals surface area contributed by atoms with E-state index in [1.165, 1.54) is 6.92 Å². The normalized spacial score (nSPS) is 23.2. The van der Waals surface area contributed by atoms with Gasteiger partial charge in [0.15, 0.2) is 0 Å². The number of rotatable bonds is 5. The third-order valence-electron chi connectivity index (χ3n) is 3.56. The van der Waals surface area contributed by atoms with E-state index in [1.54, 1.807) is 0 Å². The third-order valence-corrected chi connectivity index (χ3v) is 3.56. The van der Waals surface area contributed by atoms with Crippen LogP contribution in [0.1, 0.15) is 18.9 Å². The van der Waals surface area contributed by atoms with Crippen LogP contribution in [0, 0.1) is 23.5 Å². The number of hydrogen-bond acceptors (Lipinski definition) is 3. The maximum atomic E-state index is 13.6. The first-order chi connectivity index (χ1) is 9.72. The molecule has 1 aliphatic carbocycles. The van der Waals surface area contributed by atoms with Gasteiger partial charge in [-0.25, -0.2) is 8.78 Å². The summed E-state index contributed by atoms with van der Waals surface area (Å²) >= 11 is 0. The van der Waals surface area contributed by atoms with Gasteiger partial charge in [-0.05, 0) is 19.4 Å². The van der Waals surface area contributed by atoms with Crippen molar-refractivity contribution >= 4 is 11.9 Å². The molecule has 0 saturated heterocycles. The predicted molar refractivity (Wildman–Crippen MR) is 68.2 cm³/mol. The molecule has 2 rings (SSSR count). The molecular weight excluding hydrogens is 284 g/mol. The zero-order chi connectivity index (χ0) is 15.8. The average molecular weight is 299 g/mol. The highest BCUT2D eigenvalue weighted by Crippen LogP contribution is 2.38. The third kappa shape index (κ3) is 3.36. The van der Waals surface area contributed by atoms with E-state index in [9.17, 15) is 23.5 Å². The average Bonchev–Trinajstić information content (AvgIpc) is 3.15. The van der Waals surface area contributed by atoms with Crippen LogP contribution < -0.4 is 5.32 Å². The van der Waals surface area contributed by atoms with Crippen molar-refractivity contribution in [1.82, 2.24) is 5.32 Å². The minimum Gasteiger partial charge on any atom is -0.481 e. The SMILES string of the molecule is C[C@](O)(CNC(=O)[C@@H]1C[C@@H]1C(=O)O)c1ccc(F)cc1F. The first kappa shape index (κ1) is 15.4. The lowest BCUT2D eigenvalue weighted by atomic mass is 9.95. The Bertz CT molecular complexity index is 588. The van der Waals surface area contributed by atoms with Gasteiger partial charge in [-0.2, -0.15) is 0 Å². The van der Waals surface area contributed by atoms with E-state index in [0.29, 0.717) is 6.07 Å². The quantitative estimate of drug-likeness (QED) is 0.757. The summed E-state index contributed by atoms with van der Waals surface area (Å²) in [4.78, 5) is 22.4. The Morgan fingerprint density at radius 2 is 2.05 bits per heavy atom. The molecule has 3 N–H and O–H groups in total. The molecule has 1 aromatic carbocycles. The fraction of sp³-hybridized carbons (Fsp3) is 0.429. The Morgan fingerprint density at radius 1 is 1.38 bits per heavy atom. The highest BCUT2D eigenvalue weighted by Gasteiger charge is 2.48. The second-order valence-corrected chi connectivity index (χ2v) is 5.40. The first-order valence-electron chi connectivity index (χ1n) is 6.41. The van der Waals surface area contributed by atoms with Crippen LogP contribution in [0.4, 0.5) is 8.78 Å². The van der Waals surface area contributed by atoms with Crippen LogP contribution in [0.3, 0.4) is 0 Å². The van der Waals surface area contributed by atoms with Gasteiger partial charge >= 0.3 is 5.97 Å². The minimum absolute atomic E-state index is 0.144. The van der Waals surface area contributed by atoms with Crippen molar-refractivity contribution in [2.24, 2.45) is 11.8 Å². The standard InChI is InChI=1S/C14H15F2NO4/c1-14(21,10-3-2-7(15)4-11(10)16)6-17-12(18)8-5-9(8)13(19)20/h2-4,8-9,21H,5-6H2,1H3,(H,17,18)(H,19,20)/t8-,9+,14+/m1/s1. The molecule has 0 heterocycles. The Labute approximate surface area is 119 Å². The molecule has 0 spiro atoms. The second-order valence-electron chi connectivity index (χ2n) is 5.40. The van der Waals surface area contributed by atoms with Gasteiger partial charge in [0.1, 0.15) is 17.2 Å². The van der Waals surface area contributed by atoms with Crippen molar-refractivity contribution in [2.75, 3.05) is 6.54 Å². The number of carbonyl (C=O) groups excluding carboxylic acids is 1. The van der Waals surface area contributed by atoms with Gasteiger partial charge in [0.05, 0.1) is 18.4 Å². The molecular formula is C14H15F2NO4. The topological polar surface area (TPSA) is 86.6 Å². The van der Waals surface area contributed by atoms with Crippen LogP contribution in [-0.4, -0.2) is 28.6 Å². The highest BCUT2D eigenvalue weighted by molar-refractivity contribution is 5.89. The largest absolute Gasteiger partial charge is 0.481 e. The molecule has 1 aromatic rings. The summed E-state index contributed by atoms with van der Waals surface area (Å²) in [6.07, 6.45) is 0.258. The Hall–Kier alpha value is -2.02. The van der Waals surface area contributed by atoms with Gasteiger partial charge in [0.25, 0.3) is 0 Å². The molecule has 0 unspecified atom stereocenters. The number of amides is 1. The van der Waals surface area contributed by atoms with E-state index in [-0.39, 0.29) is 18.5 Å². The maximum Gasteiger partial charge on any atom is 0.307 e. The van der Waals surface area contributed by atoms with E-state index in [4.69, 9.17) is 5.11 Å². The van der Waals surface area contributed by atoms with Crippen LogP contribution in [-0.2, 0) is 15.2 Å². The molecule has 0 aliphatic heterocycles. The molecule has 5 nitrogen and oxygen atoms in total. The summed E-state index contributed by atoms with van der Waals surface area (Å²) in [5.74, 6) is -4.52. The van der Waals surface area contributed by atoms with Crippen molar-refractivity contribution in [2.45, 2.75) is 18.9 Å². The zero-order valence-corrected chi connectivity index (χ0v) is 11.3. The molecule has 1 amide bonds. The first-order valence-corrected chi connectivity index (χ1v) is 6.41. The number of carboxylic acid groups (broad SMARTS) is 1. The number of nitrogens with one attached hydrogen (secondary N) is 1. The Morgan fingerprint density at radius 3 is 2.57 bits per heavy atom. The number of benzene rings is 1. The van der Waals surface area contributed by atoms with Crippen LogP contribution in [0.2, 0.25) is 0 Å². The summed E-state index contributed by atoms with van der Waals surface area (Å²) in [6.45, 7) is 0.988. The van der Waals surface area contributed by atoms with Gasteiger partial charge < -0.3 is 15.5 Å². The smallest absolute Gasteiger partial charge is 0.307 e. The van der Waals surface area contributed by atoms with Gasteiger partial charge in [-0.15, -0.1) is 0 Å². The van der Waals surface area contributed by atoms with E-state index in [2.05, 4.69) is 5.32 Å². The minimum atomic E-state index is -1.72. The zero-order valence-electron chi connectivity index (χ0n) is 11.3. The van der Waals surface area contributed by atoms with Crippen molar-refractivity contribution in [1.29, 1.82) is 0 Å². The summed E-state index contributed by atoms with van der Waals surface area (Å²) in [6, 6.07) is 2.76. The van der Waals surface area contributed by atoms with E-state index < -0.39 is 40.9 Å². The highest BCUT2D eigenvalue weighted by atomic mass is 19.1. The lowest BCUT2D eigenvalue weighted by Crippen LogP contribution is -2.40. The number of halogens is 2. The second kappa shape index (κ2) is 5.40. The molecule has 1 aliphatic rings. The molecule has 1 fully saturated rings. The van der Waals surface area contributed by atoms with Crippen molar-refractivity contribution in [3.05, 3.63) is 35.4 Å². The van der Waals surface area contributed by atoms with Crippen LogP contribution in [0.25, 0.3) is 0 Å². The van der Waals surface area contributed by atoms with Gasteiger partial charge in [0.2, 0.25) is 5.91 Å². The van der Waals surface area contributed by atoms with Gasteiger partial charge in [-0.3, -0.25) is 9.59 Å². The number of hydrogen-bond donors (Lipinski definition) is 3. The van der Waals surface area contributed by atoms with E-state index >= 15 is 0 Å². The molecule has 3 atom stereocenters. The van der Waals surface area contributed by atoms with E-state index in [1.807, 2.05) is 0 Å². The summed E-state index contributed by atoms with van der Waals surface area (Å²) in [7, 11) is 0. The summed E-state index contributed by atoms with van der Waals surface area (Å²) < 4.78 is 26.5. The lowest BCUT2D eigenvalue weighted by Gasteiger charge is -2.24. The van der Waals surface area contributed by atoms with Crippen molar-refractivity contribution in [3.63, 3.8) is 0 Å². The Balaban J connectivity index is 1.98.